The fourth-order valence-corrected chi connectivity index (χ4v) is 2.73. The van der Waals surface area contributed by atoms with Crippen molar-refractivity contribution in [3.05, 3.63) is 58.1 Å². The van der Waals surface area contributed by atoms with E-state index in [9.17, 15) is 0 Å². The first kappa shape index (κ1) is 16.4. The first-order chi connectivity index (χ1) is 10.6. The largest absolute Gasteiger partial charge is 0.496 e. The van der Waals surface area contributed by atoms with Gasteiger partial charge in [0.05, 0.1) is 19.2 Å². The molecule has 0 aliphatic heterocycles. The van der Waals surface area contributed by atoms with Crippen molar-refractivity contribution in [1.82, 2.24) is 0 Å². The Kier molecular flexibility index (Phi) is 5.51. The van der Waals surface area contributed by atoms with Crippen molar-refractivity contribution in [2.45, 2.75) is 19.8 Å². The number of rotatable bonds is 5. The Bertz CT molecular complexity index is 661. The minimum atomic E-state index is 0.259. The van der Waals surface area contributed by atoms with Crippen molar-refractivity contribution in [3.8, 4) is 11.5 Å². The summed E-state index contributed by atoms with van der Waals surface area (Å²) in [7, 11) is 3.30. The van der Waals surface area contributed by atoms with E-state index in [0.717, 1.165) is 22.4 Å². The van der Waals surface area contributed by atoms with Crippen LogP contribution in [0.3, 0.4) is 0 Å². The summed E-state index contributed by atoms with van der Waals surface area (Å²) >= 11 is 6.52. The van der Waals surface area contributed by atoms with Crippen LogP contribution in [0, 0.1) is 0 Å². The van der Waals surface area contributed by atoms with Gasteiger partial charge in [0.15, 0.2) is 0 Å². The predicted molar refractivity (Wildman–Crippen MR) is 94.0 cm³/mol. The molecule has 2 rings (SSSR count). The standard InChI is InChI=1S/C19H21ClO2/c1-13(2)17-16(21-3)12-15(18(20)19(17)22-4)11-10-14-8-6-5-7-9-14/h5-13H,1-4H3/b11-10+. The van der Waals surface area contributed by atoms with E-state index in [1.165, 1.54) is 0 Å². The first-order valence-electron chi connectivity index (χ1n) is 7.26. The lowest BCUT2D eigenvalue weighted by Crippen LogP contribution is -2.00. The average Bonchev–Trinajstić information content (AvgIpc) is 2.53. The Balaban J connectivity index is 2.51. The molecule has 0 N–H and O–H groups in total. The molecule has 0 radical (unpaired) electrons. The van der Waals surface area contributed by atoms with Crippen LogP contribution in [-0.4, -0.2) is 14.2 Å². The minimum absolute atomic E-state index is 0.259. The van der Waals surface area contributed by atoms with Crippen LogP contribution >= 0.6 is 11.6 Å². The maximum atomic E-state index is 6.52. The van der Waals surface area contributed by atoms with Gasteiger partial charge in [0.2, 0.25) is 0 Å². The molecule has 116 valence electrons. The van der Waals surface area contributed by atoms with E-state index in [-0.39, 0.29) is 5.92 Å². The second-order valence-corrected chi connectivity index (χ2v) is 5.71. The van der Waals surface area contributed by atoms with Crippen LogP contribution in [0.4, 0.5) is 0 Å². The predicted octanol–water partition coefficient (Wildman–Crippen LogP) is 5.65. The van der Waals surface area contributed by atoms with Gasteiger partial charge in [-0.2, -0.15) is 0 Å². The molecule has 22 heavy (non-hydrogen) atoms. The van der Waals surface area contributed by atoms with Crippen molar-refractivity contribution in [2.75, 3.05) is 14.2 Å². The normalized spacial score (nSPS) is 11.2. The number of hydrogen-bond donors (Lipinski definition) is 0. The first-order valence-corrected chi connectivity index (χ1v) is 7.63. The lowest BCUT2D eigenvalue weighted by Gasteiger charge is -2.19. The fourth-order valence-electron chi connectivity index (χ4n) is 2.43. The van der Waals surface area contributed by atoms with Gasteiger partial charge in [-0.3, -0.25) is 0 Å². The molecule has 0 aliphatic carbocycles. The maximum Gasteiger partial charge on any atom is 0.145 e. The SMILES string of the molecule is COc1cc(/C=C/c2ccccc2)c(Cl)c(OC)c1C(C)C. The van der Waals surface area contributed by atoms with Crippen molar-refractivity contribution < 1.29 is 9.47 Å². The summed E-state index contributed by atoms with van der Waals surface area (Å²) in [4.78, 5) is 0. The van der Waals surface area contributed by atoms with Crippen LogP contribution in [0.1, 0.15) is 36.5 Å². The van der Waals surface area contributed by atoms with Crippen LogP contribution in [0.25, 0.3) is 12.2 Å². The third-order valence-electron chi connectivity index (χ3n) is 3.51. The highest BCUT2D eigenvalue weighted by Crippen LogP contribution is 2.43. The molecule has 0 heterocycles. The molecular weight excluding hydrogens is 296 g/mol. The van der Waals surface area contributed by atoms with Crippen molar-refractivity contribution in [3.63, 3.8) is 0 Å². The highest BCUT2D eigenvalue weighted by molar-refractivity contribution is 6.34. The van der Waals surface area contributed by atoms with Gasteiger partial charge in [0.25, 0.3) is 0 Å². The molecule has 0 fully saturated rings. The summed E-state index contributed by atoms with van der Waals surface area (Å²) in [6.07, 6.45) is 4.00. The molecule has 2 aromatic rings. The van der Waals surface area contributed by atoms with Crippen molar-refractivity contribution in [1.29, 1.82) is 0 Å². The van der Waals surface area contributed by atoms with Gasteiger partial charge in [-0.15, -0.1) is 0 Å². The van der Waals surface area contributed by atoms with Crippen molar-refractivity contribution in [2.24, 2.45) is 0 Å². The zero-order valence-electron chi connectivity index (χ0n) is 13.4. The van der Waals surface area contributed by atoms with E-state index < -0.39 is 0 Å². The van der Waals surface area contributed by atoms with E-state index in [0.29, 0.717) is 10.8 Å². The average molecular weight is 317 g/mol. The zero-order chi connectivity index (χ0) is 16.1. The van der Waals surface area contributed by atoms with Gasteiger partial charge in [0.1, 0.15) is 11.5 Å². The number of ether oxygens (including phenoxy) is 2. The highest BCUT2D eigenvalue weighted by atomic mass is 35.5. The summed E-state index contributed by atoms with van der Waals surface area (Å²) in [6, 6.07) is 12.0. The third kappa shape index (κ3) is 3.45. The monoisotopic (exact) mass is 316 g/mol. The van der Waals surface area contributed by atoms with E-state index in [1.54, 1.807) is 14.2 Å². The Morgan fingerprint density at radius 3 is 2.23 bits per heavy atom. The quantitative estimate of drug-likeness (QED) is 0.663. The molecule has 0 unspecified atom stereocenters. The number of methoxy groups -OCH3 is 2. The third-order valence-corrected chi connectivity index (χ3v) is 3.90. The van der Waals surface area contributed by atoms with E-state index in [2.05, 4.69) is 13.8 Å². The second-order valence-electron chi connectivity index (χ2n) is 5.33. The van der Waals surface area contributed by atoms with Crippen LogP contribution in [0.2, 0.25) is 5.02 Å². The highest BCUT2D eigenvalue weighted by Gasteiger charge is 2.19. The van der Waals surface area contributed by atoms with Crippen LogP contribution < -0.4 is 9.47 Å². The topological polar surface area (TPSA) is 18.5 Å². The molecule has 0 saturated heterocycles. The molecule has 0 aliphatic rings. The maximum absolute atomic E-state index is 6.52. The van der Waals surface area contributed by atoms with E-state index in [1.807, 2.05) is 48.6 Å². The lowest BCUT2D eigenvalue weighted by molar-refractivity contribution is 0.382. The van der Waals surface area contributed by atoms with E-state index >= 15 is 0 Å². The summed E-state index contributed by atoms with van der Waals surface area (Å²) in [5, 5.41) is 0.610. The lowest BCUT2D eigenvalue weighted by atomic mass is 9.98. The van der Waals surface area contributed by atoms with Crippen LogP contribution in [-0.2, 0) is 0 Å². The summed E-state index contributed by atoms with van der Waals surface area (Å²) < 4.78 is 11.1. The van der Waals surface area contributed by atoms with Gasteiger partial charge in [-0.25, -0.2) is 0 Å². The summed E-state index contributed by atoms with van der Waals surface area (Å²) in [5.41, 5.74) is 2.99. The molecule has 0 amide bonds. The van der Waals surface area contributed by atoms with Crippen molar-refractivity contribution >= 4 is 23.8 Å². The molecule has 0 bridgehead atoms. The Hall–Kier alpha value is -1.93. The fraction of sp³-hybridized carbons (Fsp3) is 0.263. The van der Waals surface area contributed by atoms with Gasteiger partial charge >= 0.3 is 0 Å². The number of hydrogen-bond acceptors (Lipinski definition) is 2. The minimum Gasteiger partial charge on any atom is -0.496 e. The molecule has 0 atom stereocenters. The van der Waals surface area contributed by atoms with Crippen LogP contribution in [0.15, 0.2) is 36.4 Å². The van der Waals surface area contributed by atoms with Gasteiger partial charge in [0, 0.05) is 11.1 Å². The Labute approximate surface area is 137 Å². The molecule has 0 saturated carbocycles. The van der Waals surface area contributed by atoms with Gasteiger partial charge < -0.3 is 9.47 Å². The number of benzene rings is 2. The van der Waals surface area contributed by atoms with E-state index in [4.69, 9.17) is 21.1 Å². The summed E-state index contributed by atoms with van der Waals surface area (Å²) in [6.45, 7) is 4.19. The molecule has 2 aromatic carbocycles. The Morgan fingerprint density at radius 1 is 1.00 bits per heavy atom. The second kappa shape index (κ2) is 7.37. The Morgan fingerprint density at radius 2 is 1.68 bits per heavy atom. The molecule has 0 spiro atoms. The molecular formula is C19H21ClO2. The number of halogens is 1. The molecule has 3 heteroatoms. The summed E-state index contributed by atoms with van der Waals surface area (Å²) in [5.74, 6) is 1.74. The molecule has 2 nitrogen and oxygen atoms in total. The zero-order valence-corrected chi connectivity index (χ0v) is 14.1. The van der Waals surface area contributed by atoms with Gasteiger partial charge in [-0.1, -0.05) is 67.9 Å². The molecule has 0 aromatic heterocycles. The van der Waals surface area contributed by atoms with Crippen LogP contribution in [0.5, 0.6) is 11.5 Å². The smallest absolute Gasteiger partial charge is 0.145 e. The van der Waals surface area contributed by atoms with Gasteiger partial charge in [-0.05, 0) is 17.5 Å².